The van der Waals surface area contributed by atoms with Crippen molar-refractivity contribution in [1.29, 1.82) is 0 Å². The van der Waals surface area contributed by atoms with Crippen LogP contribution in [0.5, 0.6) is 0 Å². The number of carbonyl (C=O) groups excluding carboxylic acids is 1. The van der Waals surface area contributed by atoms with E-state index in [1.165, 1.54) is 0 Å². The van der Waals surface area contributed by atoms with E-state index in [-0.39, 0.29) is 30.5 Å². The number of carbonyl (C=O) groups is 1. The van der Waals surface area contributed by atoms with E-state index in [1.807, 2.05) is 4.90 Å². The Morgan fingerprint density at radius 1 is 1.30 bits per heavy atom. The van der Waals surface area contributed by atoms with Gasteiger partial charge in [0.1, 0.15) is 0 Å². The van der Waals surface area contributed by atoms with Crippen LogP contribution in [-0.4, -0.2) is 57.1 Å². The number of β-amino-alcohol motifs (C(OH)–C–C–N with tert-alkyl or cyclic N) is 1. The summed E-state index contributed by atoms with van der Waals surface area (Å²) in [5.74, 6) is 0.241. The largest absolute Gasteiger partial charge is 0.417 e. The molecule has 3 aliphatic heterocycles. The molecule has 30 heavy (non-hydrogen) atoms. The van der Waals surface area contributed by atoms with Crippen LogP contribution in [0.15, 0.2) is 12.3 Å². The number of aromatic nitrogens is 1. The van der Waals surface area contributed by atoms with Gasteiger partial charge >= 0.3 is 6.18 Å². The molecule has 5 rings (SSSR count). The molecule has 1 saturated carbocycles. The summed E-state index contributed by atoms with van der Waals surface area (Å²) in [4.78, 5) is 21.9. The van der Waals surface area contributed by atoms with Crippen molar-refractivity contribution in [3.05, 3.63) is 29.1 Å². The maximum absolute atomic E-state index is 13.6. The number of alkyl halides is 3. The zero-order valence-electron chi connectivity index (χ0n) is 17.2. The predicted octanol–water partition coefficient (Wildman–Crippen LogP) is 3.00. The van der Waals surface area contributed by atoms with E-state index in [9.17, 15) is 23.1 Å². The minimum absolute atomic E-state index is 0.0000622. The Hall–Kier alpha value is -1.67. The number of hydrogen-bond donors (Lipinski definition) is 1. The van der Waals surface area contributed by atoms with Gasteiger partial charge in [-0.15, -0.1) is 0 Å². The van der Waals surface area contributed by atoms with E-state index in [0.29, 0.717) is 30.3 Å². The fraction of sp³-hybridized carbons (Fsp3) is 0.727. The highest BCUT2D eigenvalue weighted by molar-refractivity contribution is 5.87. The van der Waals surface area contributed by atoms with Gasteiger partial charge in [-0.25, -0.2) is 0 Å². The van der Waals surface area contributed by atoms with Crippen molar-refractivity contribution in [2.75, 3.05) is 13.1 Å². The minimum Gasteiger partial charge on any atom is -0.392 e. The lowest BCUT2D eigenvalue weighted by Gasteiger charge is -2.36. The Bertz CT molecular complexity index is 861. The lowest BCUT2D eigenvalue weighted by atomic mass is 9.73. The Morgan fingerprint density at radius 2 is 2.10 bits per heavy atom. The number of amides is 1. The first kappa shape index (κ1) is 20.2. The summed E-state index contributed by atoms with van der Waals surface area (Å²) in [6.45, 7) is 3.98. The van der Waals surface area contributed by atoms with Gasteiger partial charge in [0, 0.05) is 43.5 Å². The first-order valence-corrected chi connectivity index (χ1v) is 11.0. The van der Waals surface area contributed by atoms with Crippen molar-refractivity contribution in [2.24, 2.45) is 11.3 Å². The molecule has 0 radical (unpaired) electrons. The molecule has 164 valence electrons. The van der Waals surface area contributed by atoms with Gasteiger partial charge in [-0.05, 0) is 56.2 Å². The van der Waals surface area contributed by atoms with Gasteiger partial charge in [0.15, 0.2) is 0 Å². The monoisotopic (exact) mass is 423 g/mol. The average Bonchev–Trinajstić information content (AvgIpc) is 3.24. The van der Waals surface area contributed by atoms with Crippen LogP contribution < -0.4 is 0 Å². The SMILES string of the molecule is CC1C2Cc3ncc(C(F)(F)F)cc3CN2C(=O)[C@]12CCC(N1CCCC(O)C1)C2. The highest BCUT2D eigenvalue weighted by atomic mass is 19.4. The summed E-state index contributed by atoms with van der Waals surface area (Å²) in [6, 6.07) is 1.46. The molecule has 1 aliphatic carbocycles. The second-order valence-electron chi connectivity index (χ2n) is 9.66. The minimum atomic E-state index is -4.43. The molecule has 1 aromatic heterocycles. The molecule has 5 atom stereocenters. The Labute approximate surface area is 174 Å². The second kappa shape index (κ2) is 6.92. The quantitative estimate of drug-likeness (QED) is 0.755. The number of rotatable bonds is 1. The molecule has 4 heterocycles. The topological polar surface area (TPSA) is 56.7 Å². The van der Waals surface area contributed by atoms with Gasteiger partial charge in [-0.1, -0.05) is 6.92 Å². The molecule has 1 aromatic rings. The standard InChI is InChI=1S/C22H28F3N3O2/c1-13-19-8-18-14(7-15(10-26-18)22(23,24)25)11-28(19)20(30)21(13)5-4-16(9-21)27-6-2-3-17(29)12-27/h7,10,13,16-17,19,29H,2-6,8-9,11-12H2,1H3/t13?,16?,17?,19?,21-/m0/s1. The normalized spacial score (nSPS) is 37.0. The van der Waals surface area contributed by atoms with E-state index in [1.54, 1.807) is 0 Å². The van der Waals surface area contributed by atoms with Crippen LogP contribution in [0, 0.1) is 11.3 Å². The second-order valence-corrected chi connectivity index (χ2v) is 9.66. The molecule has 1 amide bonds. The zero-order chi connectivity index (χ0) is 21.3. The number of aliphatic hydroxyl groups is 1. The van der Waals surface area contributed by atoms with Crippen molar-refractivity contribution in [2.45, 2.75) is 76.4 Å². The van der Waals surface area contributed by atoms with Crippen LogP contribution in [-0.2, 0) is 23.9 Å². The third-order valence-corrected chi connectivity index (χ3v) is 8.13. The Kier molecular flexibility index (Phi) is 4.67. The van der Waals surface area contributed by atoms with Crippen molar-refractivity contribution in [3.8, 4) is 0 Å². The summed E-state index contributed by atoms with van der Waals surface area (Å²) in [5, 5.41) is 10.0. The molecule has 5 nitrogen and oxygen atoms in total. The number of likely N-dealkylation sites (tertiary alicyclic amines) is 1. The molecule has 2 saturated heterocycles. The molecule has 1 spiro atoms. The molecule has 1 N–H and O–H groups in total. The molecule has 3 fully saturated rings. The number of aliphatic hydroxyl groups excluding tert-OH is 1. The molecular formula is C22H28F3N3O2. The summed E-state index contributed by atoms with van der Waals surface area (Å²) >= 11 is 0. The third kappa shape index (κ3) is 3.06. The number of pyridine rings is 1. The average molecular weight is 423 g/mol. The Balaban J connectivity index is 1.38. The van der Waals surface area contributed by atoms with E-state index >= 15 is 0 Å². The van der Waals surface area contributed by atoms with Gasteiger partial charge in [0.25, 0.3) is 0 Å². The lowest BCUT2D eigenvalue weighted by molar-refractivity contribution is -0.138. The molecular weight excluding hydrogens is 395 g/mol. The van der Waals surface area contributed by atoms with Crippen molar-refractivity contribution < 1.29 is 23.1 Å². The summed E-state index contributed by atoms with van der Waals surface area (Å²) < 4.78 is 39.3. The van der Waals surface area contributed by atoms with E-state index < -0.39 is 17.2 Å². The van der Waals surface area contributed by atoms with Crippen molar-refractivity contribution in [1.82, 2.24) is 14.8 Å². The van der Waals surface area contributed by atoms with Crippen LogP contribution in [0.25, 0.3) is 0 Å². The van der Waals surface area contributed by atoms with Crippen LogP contribution >= 0.6 is 0 Å². The van der Waals surface area contributed by atoms with E-state index in [2.05, 4.69) is 16.8 Å². The summed E-state index contributed by atoms with van der Waals surface area (Å²) in [6.07, 6.45) is 1.07. The molecule has 0 bridgehead atoms. The van der Waals surface area contributed by atoms with Crippen molar-refractivity contribution in [3.63, 3.8) is 0 Å². The maximum Gasteiger partial charge on any atom is 0.417 e. The summed E-state index contributed by atoms with van der Waals surface area (Å²) in [5.41, 5.74) is 0.0211. The van der Waals surface area contributed by atoms with Gasteiger partial charge < -0.3 is 10.0 Å². The predicted molar refractivity (Wildman–Crippen MR) is 103 cm³/mol. The maximum atomic E-state index is 13.6. The molecule has 0 aromatic carbocycles. The van der Waals surface area contributed by atoms with Crippen molar-refractivity contribution >= 4 is 5.91 Å². The van der Waals surface area contributed by atoms with Gasteiger partial charge in [-0.2, -0.15) is 13.2 Å². The molecule has 4 unspecified atom stereocenters. The fourth-order valence-corrected chi connectivity index (χ4v) is 6.42. The van der Waals surface area contributed by atoms with Crippen LogP contribution in [0.4, 0.5) is 13.2 Å². The first-order valence-electron chi connectivity index (χ1n) is 11.0. The lowest BCUT2D eigenvalue weighted by Crippen LogP contribution is -2.45. The van der Waals surface area contributed by atoms with Gasteiger partial charge in [-0.3, -0.25) is 14.7 Å². The molecule has 8 heteroatoms. The third-order valence-electron chi connectivity index (χ3n) is 8.13. The number of halogens is 3. The summed E-state index contributed by atoms with van der Waals surface area (Å²) in [7, 11) is 0. The molecule has 4 aliphatic rings. The first-order chi connectivity index (χ1) is 14.2. The highest BCUT2D eigenvalue weighted by Gasteiger charge is 2.61. The van der Waals surface area contributed by atoms with Crippen LogP contribution in [0.1, 0.15) is 55.8 Å². The number of nitrogens with zero attached hydrogens (tertiary/aromatic N) is 3. The highest BCUT2D eigenvalue weighted by Crippen LogP contribution is 2.55. The van der Waals surface area contributed by atoms with E-state index in [0.717, 1.165) is 50.9 Å². The van der Waals surface area contributed by atoms with E-state index in [4.69, 9.17) is 0 Å². The number of piperidine rings is 1. The smallest absolute Gasteiger partial charge is 0.392 e. The zero-order valence-corrected chi connectivity index (χ0v) is 17.2. The number of fused-ring (bicyclic) bond motifs is 2. The number of hydrogen-bond acceptors (Lipinski definition) is 4. The van der Waals surface area contributed by atoms with Gasteiger partial charge in [0.2, 0.25) is 5.91 Å². The van der Waals surface area contributed by atoms with Gasteiger partial charge in [0.05, 0.1) is 17.1 Å². The van der Waals surface area contributed by atoms with Crippen LogP contribution in [0.3, 0.4) is 0 Å². The van der Waals surface area contributed by atoms with Crippen LogP contribution in [0.2, 0.25) is 0 Å². The fourth-order valence-electron chi connectivity index (χ4n) is 6.42. The Morgan fingerprint density at radius 3 is 2.83 bits per heavy atom.